The van der Waals surface area contributed by atoms with E-state index in [1.54, 1.807) is 36.4 Å². The Morgan fingerprint density at radius 2 is 1.93 bits per heavy atom. The molecule has 0 aliphatic heterocycles. The summed E-state index contributed by atoms with van der Waals surface area (Å²) < 4.78 is 5.13. The summed E-state index contributed by atoms with van der Waals surface area (Å²) >= 11 is 1.25. The Morgan fingerprint density at radius 3 is 2.63 bits per heavy atom. The number of nitrogens with one attached hydrogen (secondary N) is 2. The van der Waals surface area contributed by atoms with Crippen LogP contribution in [-0.2, 0) is 22.6 Å². The Labute approximate surface area is 177 Å². The zero-order valence-corrected chi connectivity index (χ0v) is 17.7. The lowest BCUT2D eigenvalue weighted by atomic mass is 10.1. The summed E-state index contributed by atoms with van der Waals surface area (Å²) in [5, 5.41) is 7.72. The monoisotopic (exact) mass is 426 g/mol. The van der Waals surface area contributed by atoms with Crippen LogP contribution in [0.2, 0.25) is 0 Å². The minimum atomic E-state index is -0.310. The molecule has 3 amide bonds. The van der Waals surface area contributed by atoms with Gasteiger partial charge in [-0.25, -0.2) is 4.98 Å². The van der Waals surface area contributed by atoms with Crippen LogP contribution in [0.3, 0.4) is 0 Å². The van der Waals surface area contributed by atoms with Crippen molar-refractivity contribution in [3.63, 3.8) is 0 Å². The first-order valence-corrected chi connectivity index (χ1v) is 10.1. The minimum absolute atomic E-state index is 0.0567. The Bertz CT molecular complexity index is 1070. The number of hydrogen-bond donors (Lipinski definition) is 2. The van der Waals surface area contributed by atoms with E-state index in [1.807, 2.05) is 18.2 Å². The molecule has 0 unspecified atom stereocenters. The molecule has 0 saturated carbocycles. The van der Waals surface area contributed by atoms with E-state index >= 15 is 0 Å². The van der Waals surface area contributed by atoms with Crippen molar-refractivity contribution in [3.05, 3.63) is 64.6 Å². The van der Waals surface area contributed by atoms with Gasteiger partial charge < -0.3 is 14.6 Å². The third-order valence-electron chi connectivity index (χ3n) is 4.45. The van der Waals surface area contributed by atoms with Gasteiger partial charge in [-0.15, -0.1) is 11.3 Å². The number of aromatic nitrogens is 1. The quantitative estimate of drug-likeness (QED) is 0.602. The summed E-state index contributed by atoms with van der Waals surface area (Å²) in [6, 6.07) is 8.93. The molecule has 1 aromatic carbocycles. The molecular formula is C21H22N4O4S. The Kier molecular flexibility index (Phi) is 6.63. The van der Waals surface area contributed by atoms with Gasteiger partial charge in [0.15, 0.2) is 5.13 Å². The lowest BCUT2D eigenvalue weighted by Gasteiger charge is -2.17. The van der Waals surface area contributed by atoms with Gasteiger partial charge in [-0.2, -0.15) is 0 Å². The van der Waals surface area contributed by atoms with E-state index < -0.39 is 0 Å². The number of rotatable bonds is 7. The molecule has 2 N–H and O–H groups in total. The van der Waals surface area contributed by atoms with Gasteiger partial charge in [0.1, 0.15) is 5.76 Å². The predicted molar refractivity (Wildman–Crippen MR) is 114 cm³/mol. The van der Waals surface area contributed by atoms with Crippen LogP contribution in [0.4, 0.5) is 10.8 Å². The molecule has 3 aromatic rings. The van der Waals surface area contributed by atoms with E-state index in [2.05, 4.69) is 15.6 Å². The van der Waals surface area contributed by atoms with Crippen molar-refractivity contribution in [2.24, 2.45) is 0 Å². The molecule has 2 aromatic heterocycles. The van der Waals surface area contributed by atoms with Gasteiger partial charge in [-0.05, 0) is 24.6 Å². The molecule has 0 atom stereocenters. The number of anilines is 2. The van der Waals surface area contributed by atoms with Crippen LogP contribution in [0.5, 0.6) is 0 Å². The van der Waals surface area contributed by atoms with Gasteiger partial charge >= 0.3 is 0 Å². The molecular weight excluding hydrogens is 404 g/mol. The largest absolute Gasteiger partial charge is 0.469 e. The maximum absolute atomic E-state index is 12.5. The molecule has 0 bridgehead atoms. The summed E-state index contributed by atoms with van der Waals surface area (Å²) in [5.41, 5.74) is 2.48. The number of amides is 3. The highest BCUT2D eigenvalue weighted by molar-refractivity contribution is 7.14. The molecule has 0 spiro atoms. The Morgan fingerprint density at radius 1 is 1.17 bits per heavy atom. The maximum Gasteiger partial charge on any atom is 0.260 e. The molecule has 9 heteroatoms. The van der Waals surface area contributed by atoms with Crippen molar-refractivity contribution in [2.75, 3.05) is 17.7 Å². The first-order valence-electron chi connectivity index (χ1n) is 9.22. The molecule has 0 fully saturated rings. The van der Waals surface area contributed by atoms with Crippen LogP contribution in [0.1, 0.15) is 34.3 Å². The number of benzene rings is 1. The maximum atomic E-state index is 12.5. The summed E-state index contributed by atoms with van der Waals surface area (Å²) in [5.74, 6) is -0.0755. The standard InChI is InChI=1S/C21H22N4O4S/c1-13-17(8-9-29-13)20(28)24-21-22-16(12-30-21)10-19(27)23-18-7-5-4-6-15(18)11-25(3)14(2)26/h4-9,12H,10-11H2,1-3H3,(H,23,27)(H,22,24,28). The molecule has 0 saturated heterocycles. The van der Waals surface area contributed by atoms with Crippen molar-refractivity contribution < 1.29 is 18.8 Å². The number of hydrogen-bond acceptors (Lipinski definition) is 6. The summed E-state index contributed by atoms with van der Waals surface area (Å²) in [6.45, 7) is 3.60. The minimum Gasteiger partial charge on any atom is -0.469 e. The summed E-state index contributed by atoms with van der Waals surface area (Å²) in [4.78, 5) is 42.1. The molecule has 30 heavy (non-hydrogen) atoms. The second-order valence-corrected chi connectivity index (χ2v) is 7.60. The average Bonchev–Trinajstić information content (AvgIpc) is 3.31. The van der Waals surface area contributed by atoms with Gasteiger partial charge in [0.05, 0.1) is 23.9 Å². The summed E-state index contributed by atoms with van der Waals surface area (Å²) in [7, 11) is 1.71. The van der Waals surface area contributed by atoms with Crippen LogP contribution >= 0.6 is 11.3 Å². The highest BCUT2D eigenvalue weighted by atomic mass is 32.1. The van der Waals surface area contributed by atoms with Crippen molar-refractivity contribution in [1.82, 2.24) is 9.88 Å². The third kappa shape index (κ3) is 5.32. The van der Waals surface area contributed by atoms with E-state index in [0.717, 1.165) is 5.56 Å². The second-order valence-electron chi connectivity index (χ2n) is 6.75. The van der Waals surface area contributed by atoms with Crippen molar-refractivity contribution in [3.8, 4) is 0 Å². The number of carbonyl (C=O) groups is 3. The van der Waals surface area contributed by atoms with E-state index in [0.29, 0.717) is 34.4 Å². The highest BCUT2D eigenvalue weighted by Crippen LogP contribution is 2.20. The molecule has 2 heterocycles. The number of nitrogens with zero attached hydrogens (tertiary/aromatic N) is 2. The van der Waals surface area contributed by atoms with E-state index in [-0.39, 0.29) is 24.1 Å². The fraction of sp³-hybridized carbons (Fsp3) is 0.238. The Hall–Kier alpha value is -3.46. The van der Waals surface area contributed by atoms with Gasteiger partial charge in [-0.1, -0.05) is 18.2 Å². The fourth-order valence-electron chi connectivity index (χ4n) is 2.74. The van der Waals surface area contributed by atoms with Crippen LogP contribution in [0.25, 0.3) is 0 Å². The number of aryl methyl sites for hydroxylation is 1. The van der Waals surface area contributed by atoms with Gasteiger partial charge in [0, 0.05) is 31.6 Å². The van der Waals surface area contributed by atoms with Gasteiger partial charge in [0.2, 0.25) is 11.8 Å². The fourth-order valence-corrected chi connectivity index (χ4v) is 3.44. The van der Waals surface area contributed by atoms with Crippen LogP contribution in [-0.4, -0.2) is 34.7 Å². The zero-order valence-electron chi connectivity index (χ0n) is 16.9. The number of thiazole rings is 1. The molecule has 156 valence electrons. The lowest BCUT2D eigenvalue weighted by Crippen LogP contribution is -2.24. The van der Waals surface area contributed by atoms with Crippen molar-refractivity contribution in [2.45, 2.75) is 26.8 Å². The van der Waals surface area contributed by atoms with Crippen molar-refractivity contribution in [1.29, 1.82) is 0 Å². The van der Waals surface area contributed by atoms with E-state index in [4.69, 9.17) is 4.42 Å². The first kappa shape index (κ1) is 21.3. The van der Waals surface area contributed by atoms with Gasteiger partial charge in [0.25, 0.3) is 5.91 Å². The highest BCUT2D eigenvalue weighted by Gasteiger charge is 2.15. The first-order chi connectivity index (χ1) is 14.3. The second kappa shape index (κ2) is 9.36. The SMILES string of the molecule is CC(=O)N(C)Cc1ccccc1NC(=O)Cc1csc(NC(=O)c2ccoc2C)n1. The molecule has 8 nitrogen and oxygen atoms in total. The zero-order chi connectivity index (χ0) is 21.7. The molecule has 3 rings (SSSR count). The predicted octanol–water partition coefficient (Wildman–Crippen LogP) is 3.46. The number of furan rings is 1. The summed E-state index contributed by atoms with van der Waals surface area (Å²) in [6.07, 6.45) is 1.52. The van der Waals surface area contributed by atoms with Gasteiger partial charge in [-0.3, -0.25) is 19.7 Å². The normalized spacial score (nSPS) is 10.5. The van der Waals surface area contributed by atoms with Crippen LogP contribution in [0.15, 0.2) is 46.4 Å². The topological polar surface area (TPSA) is 105 Å². The van der Waals surface area contributed by atoms with Crippen LogP contribution < -0.4 is 10.6 Å². The smallest absolute Gasteiger partial charge is 0.260 e. The average molecular weight is 426 g/mol. The van der Waals surface area contributed by atoms with Crippen molar-refractivity contribution >= 4 is 39.9 Å². The lowest BCUT2D eigenvalue weighted by molar-refractivity contribution is -0.128. The van der Waals surface area contributed by atoms with E-state index in [9.17, 15) is 14.4 Å². The third-order valence-corrected chi connectivity index (χ3v) is 5.26. The molecule has 0 radical (unpaired) electrons. The number of para-hydroxylation sites is 1. The number of carbonyl (C=O) groups excluding carboxylic acids is 3. The molecule has 0 aliphatic rings. The Balaban J connectivity index is 1.61. The van der Waals surface area contributed by atoms with Crippen LogP contribution in [0, 0.1) is 6.92 Å². The van der Waals surface area contributed by atoms with E-state index in [1.165, 1.54) is 24.5 Å². The molecule has 0 aliphatic carbocycles.